The van der Waals surface area contributed by atoms with E-state index in [0.717, 1.165) is 0 Å². The van der Waals surface area contributed by atoms with Crippen LogP contribution < -0.4 is 10.6 Å². The SMILES string of the molecule is COCC(C)CNC(=O)NC(C)C(C)C(=O)O. The number of nitrogens with one attached hydrogen (secondary N) is 2. The molecule has 3 atom stereocenters. The predicted molar refractivity (Wildman–Crippen MR) is 63.8 cm³/mol. The molecule has 3 N–H and O–H groups in total. The van der Waals surface area contributed by atoms with E-state index in [1.165, 1.54) is 0 Å². The van der Waals surface area contributed by atoms with E-state index in [1.807, 2.05) is 6.92 Å². The molecule has 0 saturated carbocycles. The molecule has 0 radical (unpaired) electrons. The molecule has 0 bridgehead atoms. The number of hydrogen-bond acceptors (Lipinski definition) is 3. The summed E-state index contributed by atoms with van der Waals surface area (Å²) in [5, 5.41) is 14.0. The Morgan fingerprint density at radius 1 is 1.29 bits per heavy atom. The Bertz CT molecular complexity index is 258. The Kier molecular flexibility index (Phi) is 7.29. The van der Waals surface area contributed by atoms with Gasteiger partial charge in [0.05, 0.1) is 12.5 Å². The first-order valence-corrected chi connectivity index (χ1v) is 5.64. The van der Waals surface area contributed by atoms with Gasteiger partial charge in [-0.2, -0.15) is 0 Å². The zero-order valence-electron chi connectivity index (χ0n) is 10.8. The highest BCUT2D eigenvalue weighted by molar-refractivity contribution is 5.76. The first-order valence-electron chi connectivity index (χ1n) is 5.64. The van der Waals surface area contributed by atoms with Crippen LogP contribution in [-0.4, -0.2) is 43.4 Å². The van der Waals surface area contributed by atoms with Gasteiger partial charge in [0.15, 0.2) is 0 Å². The van der Waals surface area contributed by atoms with Gasteiger partial charge >= 0.3 is 12.0 Å². The van der Waals surface area contributed by atoms with Gasteiger partial charge < -0.3 is 20.5 Å². The molecular weight excluding hydrogens is 224 g/mol. The Labute approximate surface area is 102 Å². The second kappa shape index (κ2) is 7.89. The highest BCUT2D eigenvalue weighted by Crippen LogP contribution is 2.01. The van der Waals surface area contributed by atoms with Gasteiger partial charge in [0.1, 0.15) is 0 Å². The van der Waals surface area contributed by atoms with Crippen LogP contribution in [-0.2, 0) is 9.53 Å². The average Bonchev–Trinajstić information content (AvgIpc) is 2.25. The maximum absolute atomic E-state index is 11.4. The fraction of sp³-hybridized carbons (Fsp3) is 0.818. The molecule has 0 spiro atoms. The van der Waals surface area contributed by atoms with Crippen LogP contribution in [0.1, 0.15) is 20.8 Å². The van der Waals surface area contributed by atoms with E-state index in [-0.39, 0.29) is 11.9 Å². The van der Waals surface area contributed by atoms with Gasteiger partial charge in [0.2, 0.25) is 0 Å². The van der Waals surface area contributed by atoms with Crippen molar-refractivity contribution in [2.24, 2.45) is 11.8 Å². The van der Waals surface area contributed by atoms with Gasteiger partial charge in [-0.05, 0) is 19.8 Å². The smallest absolute Gasteiger partial charge is 0.315 e. The zero-order valence-corrected chi connectivity index (χ0v) is 10.8. The summed E-state index contributed by atoms with van der Waals surface area (Å²) in [4.78, 5) is 22.1. The standard InChI is InChI=1S/C11H22N2O4/c1-7(6-17-4)5-12-11(16)13-9(3)8(2)10(14)15/h7-9H,5-6H2,1-4H3,(H,14,15)(H2,12,13,16). The number of carbonyl (C=O) groups is 2. The maximum Gasteiger partial charge on any atom is 0.315 e. The van der Waals surface area contributed by atoms with Crippen LogP contribution in [0.15, 0.2) is 0 Å². The predicted octanol–water partition coefficient (Wildman–Crippen LogP) is 0.677. The molecular formula is C11H22N2O4. The molecule has 0 aromatic rings. The summed E-state index contributed by atoms with van der Waals surface area (Å²) in [7, 11) is 1.60. The average molecular weight is 246 g/mol. The highest BCUT2D eigenvalue weighted by Gasteiger charge is 2.20. The maximum atomic E-state index is 11.4. The molecule has 0 rings (SSSR count). The van der Waals surface area contributed by atoms with Crippen LogP contribution >= 0.6 is 0 Å². The van der Waals surface area contributed by atoms with E-state index in [4.69, 9.17) is 9.84 Å². The topological polar surface area (TPSA) is 87.7 Å². The summed E-state index contributed by atoms with van der Waals surface area (Å²) in [6, 6.07) is -0.765. The van der Waals surface area contributed by atoms with Crippen molar-refractivity contribution in [2.75, 3.05) is 20.3 Å². The number of carboxylic acid groups (broad SMARTS) is 1. The molecule has 100 valence electrons. The van der Waals surface area contributed by atoms with E-state index >= 15 is 0 Å². The van der Waals surface area contributed by atoms with Gasteiger partial charge in [-0.1, -0.05) is 6.92 Å². The fourth-order valence-electron chi connectivity index (χ4n) is 1.21. The van der Waals surface area contributed by atoms with Gasteiger partial charge in [-0.25, -0.2) is 4.79 Å². The van der Waals surface area contributed by atoms with Gasteiger partial charge in [-0.3, -0.25) is 4.79 Å². The van der Waals surface area contributed by atoms with Crippen molar-refractivity contribution in [3.05, 3.63) is 0 Å². The van der Waals surface area contributed by atoms with Gasteiger partial charge in [-0.15, -0.1) is 0 Å². The number of carboxylic acids is 1. The summed E-state index contributed by atoms with van der Waals surface area (Å²) < 4.78 is 4.94. The summed E-state index contributed by atoms with van der Waals surface area (Å²) >= 11 is 0. The van der Waals surface area contributed by atoms with Crippen molar-refractivity contribution in [1.29, 1.82) is 0 Å². The molecule has 6 nitrogen and oxygen atoms in total. The lowest BCUT2D eigenvalue weighted by Gasteiger charge is -2.19. The quantitative estimate of drug-likeness (QED) is 0.616. The first kappa shape index (κ1) is 15.7. The number of ether oxygens (including phenoxy) is 1. The highest BCUT2D eigenvalue weighted by atomic mass is 16.5. The fourth-order valence-corrected chi connectivity index (χ4v) is 1.21. The summed E-state index contributed by atoms with van der Waals surface area (Å²) in [6.07, 6.45) is 0. The van der Waals surface area contributed by atoms with Crippen LogP contribution in [0.25, 0.3) is 0 Å². The van der Waals surface area contributed by atoms with E-state index in [9.17, 15) is 9.59 Å². The molecule has 0 aliphatic heterocycles. The molecule has 0 fully saturated rings. The summed E-state index contributed by atoms with van der Waals surface area (Å²) in [5.74, 6) is -1.32. The third-order valence-electron chi connectivity index (χ3n) is 2.56. The minimum absolute atomic E-state index is 0.220. The first-order chi connectivity index (χ1) is 7.88. The lowest BCUT2D eigenvalue weighted by atomic mass is 10.0. The second-order valence-corrected chi connectivity index (χ2v) is 4.33. The Morgan fingerprint density at radius 2 is 1.88 bits per heavy atom. The van der Waals surface area contributed by atoms with Crippen molar-refractivity contribution in [1.82, 2.24) is 10.6 Å². The molecule has 0 heterocycles. The summed E-state index contributed by atoms with van der Waals surface area (Å²) in [5.41, 5.74) is 0. The van der Waals surface area contributed by atoms with Crippen LogP contribution in [0.3, 0.4) is 0 Å². The van der Waals surface area contributed by atoms with Crippen LogP contribution in [0.4, 0.5) is 4.79 Å². The van der Waals surface area contributed by atoms with Crippen molar-refractivity contribution >= 4 is 12.0 Å². The van der Waals surface area contributed by atoms with Crippen LogP contribution in [0, 0.1) is 11.8 Å². The molecule has 2 amide bonds. The lowest BCUT2D eigenvalue weighted by molar-refractivity contribution is -0.141. The van der Waals surface area contributed by atoms with E-state index < -0.39 is 17.9 Å². The monoisotopic (exact) mass is 246 g/mol. The molecule has 0 aromatic heterocycles. The zero-order chi connectivity index (χ0) is 13.4. The molecule has 0 saturated heterocycles. The molecule has 0 aliphatic carbocycles. The third-order valence-corrected chi connectivity index (χ3v) is 2.56. The Morgan fingerprint density at radius 3 is 2.35 bits per heavy atom. The minimum atomic E-state index is -0.925. The van der Waals surface area contributed by atoms with E-state index in [1.54, 1.807) is 21.0 Å². The van der Waals surface area contributed by atoms with Crippen LogP contribution in [0.2, 0.25) is 0 Å². The van der Waals surface area contributed by atoms with Gasteiger partial charge in [0, 0.05) is 19.7 Å². The normalized spacial score (nSPS) is 15.8. The number of aliphatic carboxylic acids is 1. The number of hydrogen-bond donors (Lipinski definition) is 3. The third kappa shape index (κ3) is 6.78. The number of carbonyl (C=O) groups excluding carboxylic acids is 1. The van der Waals surface area contributed by atoms with E-state index in [2.05, 4.69) is 10.6 Å². The molecule has 6 heteroatoms. The summed E-state index contributed by atoms with van der Waals surface area (Å²) in [6.45, 7) is 6.24. The molecule has 0 aliphatic rings. The Hall–Kier alpha value is -1.30. The van der Waals surface area contributed by atoms with Crippen molar-refractivity contribution < 1.29 is 19.4 Å². The van der Waals surface area contributed by atoms with Gasteiger partial charge in [0.25, 0.3) is 0 Å². The second-order valence-electron chi connectivity index (χ2n) is 4.33. The largest absolute Gasteiger partial charge is 0.481 e. The van der Waals surface area contributed by atoms with E-state index in [0.29, 0.717) is 13.2 Å². The Balaban J connectivity index is 3.90. The van der Waals surface area contributed by atoms with Crippen LogP contribution in [0.5, 0.6) is 0 Å². The minimum Gasteiger partial charge on any atom is -0.481 e. The molecule has 0 aromatic carbocycles. The number of rotatable bonds is 7. The number of urea groups is 1. The van der Waals surface area contributed by atoms with Crippen molar-refractivity contribution in [2.45, 2.75) is 26.8 Å². The number of methoxy groups -OCH3 is 1. The lowest BCUT2D eigenvalue weighted by Crippen LogP contribution is -2.46. The number of amides is 2. The molecule has 3 unspecified atom stereocenters. The van der Waals surface area contributed by atoms with Crippen molar-refractivity contribution in [3.8, 4) is 0 Å². The molecule has 17 heavy (non-hydrogen) atoms. The van der Waals surface area contributed by atoms with Crippen molar-refractivity contribution in [3.63, 3.8) is 0 Å².